The van der Waals surface area contributed by atoms with Gasteiger partial charge >= 0.3 is 0 Å². The normalized spacial score (nSPS) is 22.2. The highest BCUT2D eigenvalue weighted by Crippen LogP contribution is 2.13. The summed E-state index contributed by atoms with van der Waals surface area (Å²) in [5, 5.41) is 3.57. The van der Waals surface area contributed by atoms with Crippen LogP contribution in [0.4, 0.5) is 0 Å². The van der Waals surface area contributed by atoms with Gasteiger partial charge < -0.3 is 5.32 Å². The summed E-state index contributed by atoms with van der Waals surface area (Å²) < 4.78 is 0. The average Bonchev–Trinajstić information content (AvgIpc) is 2.19. The molecular formula is C12H17NS. The summed E-state index contributed by atoms with van der Waals surface area (Å²) in [7, 11) is 0. The minimum atomic E-state index is 0.676. The van der Waals surface area contributed by atoms with E-state index in [1.807, 2.05) is 0 Å². The van der Waals surface area contributed by atoms with Gasteiger partial charge in [-0.1, -0.05) is 29.8 Å². The first-order valence-electron chi connectivity index (χ1n) is 5.21. The van der Waals surface area contributed by atoms with E-state index in [4.69, 9.17) is 0 Å². The summed E-state index contributed by atoms with van der Waals surface area (Å²) in [6.07, 6.45) is 1.18. The first-order chi connectivity index (χ1) is 6.84. The van der Waals surface area contributed by atoms with Gasteiger partial charge in [0.15, 0.2) is 0 Å². The van der Waals surface area contributed by atoms with E-state index < -0.39 is 0 Å². The van der Waals surface area contributed by atoms with Gasteiger partial charge in [-0.15, -0.1) is 0 Å². The second-order valence-electron chi connectivity index (χ2n) is 3.92. The quantitative estimate of drug-likeness (QED) is 0.798. The summed E-state index contributed by atoms with van der Waals surface area (Å²) in [4.78, 5) is 0. The predicted octanol–water partition coefficient (Wildman–Crippen LogP) is 2.24. The van der Waals surface area contributed by atoms with Gasteiger partial charge in [0.25, 0.3) is 0 Å². The molecule has 1 N–H and O–H groups in total. The Morgan fingerprint density at radius 1 is 1.50 bits per heavy atom. The van der Waals surface area contributed by atoms with E-state index in [0.717, 1.165) is 0 Å². The highest BCUT2D eigenvalue weighted by molar-refractivity contribution is 7.99. The molecule has 1 aliphatic heterocycles. The van der Waals surface area contributed by atoms with Gasteiger partial charge in [-0.05, 0) is 18.9 Å². The van der Waals surface area contributed by atoms with Crippen molar-refractivity contribution >= 4 is 11.8 Å². The second-order valence-corrected chi connectivity index (χ2v) is 5.07. The van der Waals surface area contributed by atoms with Crippen LogP contribution < -0.4 is 5.32 Å². The van der Waals surface area contributed by atoms with Gasteiger partial charge in [-0.2, -0.15) is 11.8 Å². The molecule has 14 heavy (non-hydrogen) atoms. The summed E-state index contributed by atoms with van der Waals surface area (Å²) >= 11 is 2.06. The van der Waals surface area contributed by atoms with Gasteiger partial charge in [0.1, 0.15) is 0 Å². The fourth-order valence-electron chi connectivity index (χ4n) is 1.87. The Bertz CT molecular complexity index is 292. The van der Waals surface area contributed by atoms with Crippen molar-refractivity contribution in [2.75, 3.05) is 18.1 Å². The van der Waals surface area contributed by atoms with E-state index in [-0.39, 0.29) is 0 Å². The zero-order chi connectivity index (χ0) is 9.80. The van der Waals surface area contributed by atoms with Crippen LogP contribution in [-0.4, -0.2) is 24.1 Å². The average molecular weight is 207 g/mol. The molecule has 1 saturated heterocycles. The largest absolute Gasteiger partial charge is 0.312 e. The van der Waals surface area contributed by atoms with Crippen LogP contribution in [0, 0.1) is 6.92 Å². The molecule has 1 heterocycles. The Kier molecular flexibility index (Phi) is 3.49. The standard InChI is InChI=1S/C12H17NS/c1-10-3-2-4-11(7-10)8-12-9-14-6-5-13-12/h2-4,7,12-13H,5-6,8-9H2,1H3. The van der Waals surface area contributed by atoms with Crippen molar-refractivity contribution in [3.8, 4) is 0 Å². The molecule has 0 spiro atoms. The van der Waals surface area contributed by atoms with Crippen molar-refractivity contribution in [3.63, 3.8) is 0 Å². The van der Waals surface area contributed by atoms with Crippen LogP contribution in [-0.2, 0) is 6.42 Å². The fraction of sp³-hybridized carbons (Fsp3) is 0.500. The molecule has 1 aromatic carbocycles. The van der Waals surface area contributed by atoms with Gasteiger partial charge in [0.2, 0.25) is 0 Å². The van der Waals surface area contributed by atoms with E-state index in [1.165, 1.54) is 35.6 Å². The van der Waals surface area contributed by atoms with Gasteiger partial charge in [-0.25, -0.2) is 0 Å². The molecule has 0 aliphatic carbocycles. The SMILES string of the molecule is Cc1cccc(CC2CSCCN2)c1. The molecule has 0 amide bonds. The highest BCUT2D eigenvalue weighted by atomic mass is 32.2. The summed E-state index contributed by atoms with van der Waals surface area (Å²) in [6.45, 7) is 3.33. The smallest absolute Gasteiger partial charge is 0.0198 e. The number of nitrogens with one attached hydrogen (secondary N) is 1. The number of benzene rings is 1. The monoisotopic (exact) mass is 207 g/mol. The maximum atomic E-state index is 3.57. The van der Waals surface area contributed by atoms with Crippen molar-refractivity contribution in [1.29, 1.82) is 0 Å². The summed E-state index contributed by atoms with van der Waals surface area (Å²) in [5.74, 6) is 2.53. The molecule has 1 fully saturated rings. The third-order valence-electron chi connectivity index (χ3n) is 2.56. The van der Waals surface area contributed by atoms with Crippen molar-refractivity contribution in [3.05, 3.63) is 35.4 Å². The molecular weight excluding hydrogens is 190 g/mol. The Labute approximate surface area is 90.3 Å². The molecule has 2 heteroatoms. The summed E-state index contributed by atoms with van der Waals surface area (Å²) in [5.41, 5.74) is 2.83. The lowest BCUT2D eigenvalue weighted by molar-refractivity contribution is 0.563. The van der Waals surface area contributed by atoms with E-state index in [0.29, 0.717) is 6.04 Å². The van der Waals surface area contributed by atoms with Crippen molar-refractivity contribution in [2.45, 2.75) is 19.4 Å². The van der Waals surface area contributed by atoms with Crippen LogP contribution >= 0.6 is 11.8 Å². The zero-order valence-electron chi connectivity index (χ0n) is 8.62. The van der Waals surface area contributed by atoms with E-state index in [2.05, 4.69) is 48.3 Å². The van der Waals surface area contributed by atoms with Gasteiger partial charge in [-0.3, -0.25) is 0 Å². The first-order valence-corrected chi connectivity index (χ1v) is 6.37. The third kappa shape index (κ3) is 2.76. The number of hydrogen-bond acceptors (Lipinski definition) is 2. The molecule has 1 unspecified atom stereocenters. The van der Waals surface area contributed by atoms with E-state index in [1.54, 1.807) is 0 Å². The lowest BCUT2D eigenvalue weighted by Gasteiger charge is -2.23. The summed E-state index contributed by atoms with van der Waals surface area (Å²) in [6, 6.07) is 9.51. The number of aryl methyl sites for hydroxylation is 1. The second kappa shape index (κ2) is 4.85. The van der Waals surface area contributed by atoms with Crippen LogP contribution in [0.25, 0.3) is 0 Å². The zero-order valence-corrected chi connectivity index (χ0v) is 9.44. The Morgan fingerprint density at radius 3 is 3.14 bits per heavy atom. The lowest BCUT2D eigenvalue weighted by Crippen LogP contribution is -2.38. The number of rotatable bonds is 2. The van der Waals surface area contributed by atoms with Crippen molar-refractivity contribution in [1.82, 2.24) is 5.32 Å². The van der Waals surface area contributed by atoms with Crippen LogP contribution in [0.1, 0.15) is 11.1 Å². The molecule has 1 aliphatic rings. The molecule has 0 bridgehead atoms. The molecule has 1 aromatic rings. The molecule has 1 nitrogen and oxygen atoms in total. The van der Waals surface area contributed by atoms with E-state index in [9.17, 15) is 0 Å². The van der Waals surface area contributed by atoms with Gasteiger partial charge in [0.05, 0.1) is 0 Å². The lowest BCUT2D eigenvalue weighted by atomic mass is 10.0. The van der Waals surface area contributed by atoms with E-state index >= 15 is 0 Å². The molecule has 0 radical (unpaired) electrons. The first kappa shape index (κ1) is 10.1. The minimum absolute atomic E-state index is 0.676. The van der Waals surface area contributed by atoms with Gasteiger partial charge in [0, 0.05) is 24.1 Å². The predicted molar refractivity (Wildman–Crippen MR) is 64.0 cm³/mol. The number of thioether (sulfide) groups is 1. The van der Waals surface area contributed by atoms with Crippen molar-refractivity contribution in [2.24, 2.45) is 0 Å². The van der Waals surface area contributed by atoms with Crippen LogP contribution in [0.2, 0.25) is 0 Å². The fourth-order valence-corrected chi connectivity index (χ4v) is 2.82. The minimum Gasteiger partial charge on any atom is -0.312 e. The maximum Gasteiger partial charge on any atom is 0.0198 e. The van der Waals surface area contributed by atoms with Crippen LogP contribution in [0.3, 0.4) is 0 Å². The molecule has 1 atom stereocenters. The third-order valence-corrected chi connectivity index (χ3v) is 3.69. The van der Waals surface area contributed by atoms with Crippen LogP contribution in [0.5, 0.6) is 0 Å². The molecule has 0 aromatic heterocycles. The molecule has 2 rings (SSSR count). The molecule has 0 saturated carbocycles. The highest BCUT2D eigenvalue weighted by Gasteiger charge is 2.12. The molecule has 76 valence electrons. The number of hydrogen-bond donors (Lipinski definition) is 1. The Morgan fingerprint density at radius 2 is 2.43 bits per heavy atom. The Balaban J connectivity index is 1.95. The van der Waals surface area contributed by atoms with Crippen LogP contribution in [0.15, 0.2) is 24.3 Å². The Hall–Kier alpha value is -0.470. The topological polar surface area (TPSA) is 12.0 Å². The maximum absolute atomic E-state index is 3.57. The van der Waals surface area contributed by atoms with Crippen molar-refractivity contribution < 1.29 is 0 Å².